The second-order valence-corrected chi connectivity index (χ2v) is 3.38. The third-order valence-electron chi connectivity index (χ3n) is 1.83. The molecule has 0 fully saturated rings. The monoisotopic (exact) mass is 276 g/mol. The van der Waals surface area contributed by atoms with Crippen LogP contribution in [0.1, 0.15) is 23.4 Å². The number of halogens is 3. The zero-order chi connectivity index (χ0) is 11.4. The topological polar surface area (TPSA) is 56.6 Å². The molecule has 1 aromatic rings. The summed E-state index contributed by atoms with van der Waals surface area (Å²) in [6, 6.07) is 2.88. The molecule has 6 heteroatoms. The maximum Gasteiger partial charge on any atom is 0.269 e. The van der Waals surface area contributed by atoms with Gasteiger partial charge in [-0.3, -0.25) is 4.79 Å². The van der Waals surface area contributed by atoms with Crippen LogP contribution in [0.15, 0.2) is 10.9 Å². The van der Waals surface area contributed by atoms with E-state index in [2.05, 4.69) is 20.9 Å². The fourth-order valence-electron chi connectivity index (χ4n) is 1.21. The van der Waals surface area contributed by atoms with Crippen LogP contribution in [-0.4, -0.2) is 4.98 Å². The van der Waals surface area contributed by atoms with E-state index in [0.29, 0.717) is 5.69 Å². The average molecular weight is 277 g/mol. The predicted octanol–water partition coefficient (Wildman–Crippen LogP) is 2.27. The normalized spacial score (nSPS) is 10.3. The maximum atomic E-state index is 12.5. The summed E-state index contributed by atoms with van der Waals surface area (Å²) in [5.41, 5.74) is -0.791. The lowest BCUT2D eigenvalue weighted by atomic mass is 10.1. The van der Waals surface area contributed by atoms with Gasteiger partial charge in [-0.1, -0.05) is 15.9 Å². The molecule has 0 saturated carbocycles. The van der Waals surface area contributed by atoms with Crippen LogP contribution in [0.3, 0.4) is 0 Å². The molecular weight excluding hydrogens is 270 g/mol. The summed E-state index contributed by atoms with van der Waals surface area (Å²) in [6.07, 6.45) is -2.81. The number of nitriles is 1. The van der Waals surface area contributed by atoms with Gasteiger partial charge in [0.15, 0.2) is 5.43 Å². The Labute approximate surface area is 92.9 Å². The SMILES string of the molecule is N#CCc1cc(=O)c(C(F)F)c(CBr)[nH]1. The van der Waals surface area contributed by atoms with Crippen molar-refractivity contribution >= 4 is 15.9 Å². The van der Waals surface area contributed by atoms with Crippen molar-refractivity contribution < 1.29 is 8.78 Å². The predicted molar refractivity (Wildman–Crippen MR) is 54.0 cm³/mol. The van der Waals surface area contributed by atoms with Crippen molar-refractivity contribution in [2.75, 3.05) is 0 Å². The van der Waals surface area contributed by atoms with Crippen LogP contribution in [0.2, 0.25) is 0 Å². The molecule has 1 N–H and O–H groups in total. The summed E-state index contributed by atoms with van der Waals surface area (Å²) < 4.78 is 25.0. The molecule has 0 aliphatic carbocycles. The minimum atomic E-state index is -2.81. The highest BCUT2D eigenvalue weighted by molar-refractivity contribution is 9.08. The van der Waals surface area contributed by atoms with Crippen molar-refractivity contribution in [1.82, 2.24) is 4.98 Å². The molecule has 1 rings (SSSR count). The molecule has 0 aliphatic rings. The number of aromatic amines is 1. The molecule has 0 bridgehead atoms. The molecule has 1 aromatic heterocycles. The van der Waals surface area contributed by atoms with Gasteiger partial charge in [0.05, 0.1) is 18.1 Å². The second-order valence-electron chi connectivity index (χ2n) is 2.82. The Bertz CT molecular complexity index is 450. The van der Waals surface area contributed by atoms with E-state index in [9.17, 15) is 13.6 Å². The number of hydrogen-bond acceptors (Lipinski definition) is 2. The van der Waals surface area contributed by atoms with Crippen LogP contribution in [0.25, 0.3) is 0 Å². The van der Waals surface area contributed by atoms with E-state index in [0.717, 1.165) is 6.07 Å². The molecule has 0 aliphatic heterocycles. The van der Waals surface area contributed by atoms with Crippen molar-refractivity contribution in [3.8, 4) is 6.07 Å². The maximum absolute atomic E-state index is 12.5. The molecule has 0 radical (unpaired) electrons. The summed E-state index contributed by atoms with van der Waals surface area (Å²) >= 11 is 3.01. The Balaban J connectivity index is 3.32. The molecule has 80 valence electrons. The van der Waals surface area contributed by atoms with Crippen molar-refractivity contribution in [2.24, 2.45) is 0 Å². The first-order chi connectivity index (χ1) is 7.10. The van der Waals surface area contributed by atoms with Crippen LogP contribution < -0.4 is 5.43 Å². The Morgan fingerprint density at radius 1 is 1.60 bits per heavy atom. The van der Waals surface area contributed by atoms with Gasteiger partial charge in [0.2, 0.25) is 0 Å². The van der Waals surface area contributed by atoms with Crippen LogP contribution in [0.4, 0.5) is 8.78 Å². The molecule has 0 atom stereocenters. The number of aromatic nitrogens is 1. The number of H-pyrrole nitrogens is 1. The lowest BCUT2D eigenvalue weighted by Gasteiger charge is -2.07. The van der Waals surface area contributed by atoms with Crippen molar-refractivity contribution in [3.05, 3.63) is 33.2 Å². The molecule has 3 nitrogen and oxygen atoms in total. The molecule has 0 amide bonds. The highest BCUT2D eigenvalue weighted by Gasteiger charge is 2.17. The van der Waals surface area contributed by atoms with Crippen LogP contribution in [0.5, 0.6) is 0 Å². The van der Waals surface area contributed by atoms with Gasteiger partial charge in [-0.05, 0) is 0 Å². The fourth-order valence-corrected chi connectivity index (χ4v) is 1.65. The largest absolute Gasteiger partial charge is 0.360 e. The zero-order valence-electron chi connectivity index (χ0n) is 7.56. The van der Waals surface area contributed by atoms with E-state index in [4.69, 9.17) is 5.26 Å². The third-order valence-corrected chi connectivity index (χ3v) is 2.39. The molecule has 0 aromatic carbocycles. The van der Waals surface area contributed by atoms with Crippen LogP contribution >= 0.6 is 15.9 Å². The van der Waals surface area contributed by atoms with Crippen LogP contribution in [-0.2, 0) is 11.8 Å². The lowest BCUT2D eigenvalue weighted by Crippen LogP contribution is -2.15. The first kappa shape index (κ1) is 11.9. The zero-order valence-corrected chi connectivity index (χ0v) is 9.14. The molecule has 0 spiro atoms. The lowest BCUT2D eigenvalue weighted by molar-refractivity contribution is 0.148. The van der Waals surface area contributed by atoms with Gasteiger partial charge in [0.25, 0.3) is 6.43 Å². The van der Waals surface area contributed by atoms with Gasteiger partial charge in [-0.25, -0.2) is 8.78 Å². The first-order valence-corrected chi connectivity index (χ1v) is 5.18. The van der Waals surface area contributed by atoms with E-state index in [1.54, 1.807) is 0 Å². The van der Waals surface area contributed by atoms with Crippen LogP contribution in [0, 0.1) is 11.3 Å². The number of nitrogens with zero attached hydrogens (tertiary/aromatic N) is 1. The van der Waals surface area contributed by atoms with Gasteiger partial charge in [0, 0.05) is 22.8 Å². The van der Waals surface area contributed by atoms with E-state index in [-0.39, 0.29) is 17.4 Å². The smallest absolute Gasteiger partial charge is 0.269 e. The quantitative estimate of drug-likeness (QED) is 0.861. The highest BCUT2D eigenvalue weighted by Crippen LogP contribution is 2.20. The minimum Gasteiger partial charge on any atom is -0.360 e. The molecular formula is C9H7BrF2N2O. The number of nitrogens with one attached hydrogen (secondary N) is 1. The summed E-state index contributed by atoms with van der Waals surface area (Å²) in [4.78, 5) is 13.9. The second kappa shape index (κ2) is 5.03. The van der Waals surface area contributed by atoms with Gasteiger partial charge in [0.1, 0.15) is 0 Å². The standard InChI is InChI=1S/C9H7BrF2N2O/c10-4-6-8(9(11)12)7(15)3-5(14-6)1-2-13/h3,9H,1,4H2,(H,14,15). The van der Waals surface area contributed by atoms with Gasteiger partial charge < -0.3 is 4.98 Å². The van der Waals surface area contributed by atoms with E-state index < -0.39 is 17.4 Å². The Morgan fingerprint density at radius 3 is 2.73 bits per heavy atom. The summed E-state index contributed by atoms with van der Waals surface area (Å²) in [5, 5.41) is 8.55. The Hall–Kier alpha value is -1.22. The summed E-state index contributed by atoms with van der Waals surface area (Å²) in [7, 11) is 0. The van der Waals surface area contributed by atoms with Gasteiger partial charge in [-0.2, -0.15) is 5.26 Å². The van der Waals surface area contributed by atoms with E-state index in [1.807, 2.05) is 6.07 Å². The fraction of sp³-hybridized carbons (Fsp3) is 0.333. The molecule has 0 saturated heterocycles. The number of alkyl halides is 3. The minimum absolute atomic E-state index is 0.00123. The summed E-state index contributed by atoms with van der Waals surface area (Å²) in [6.45, 7) is 0. The first-order valence-electron chi connectivity index (χ1n) is 4.06. The van der Waals surface area contributed by atoms with Crippen molar-refractivity contribution in [1.29, 1.82) is 5.26 Å². The highest BCUT2D eigenvalue weighted by atomic mass is 79.9. The Kier molecular flexibility index (Phi) is 3.97. The number of hydrogen-bond donors (Lipinski definition) is 1. The van der Waals surface area contributed by atoms with E-state index >= 15 is 0 Å². The van der Waals surface area contributed by atoms with Gasteiger partial charge >= 0.3 is 0 Å². The Morgan fingerprint density at radius 2 is 2.27 bits per heavy atom. The van der Waals surface area contributed by atoms with Crippen molar-refractivity contribution in [2.45, 2.75) is 18.2 Å². The number of rotatable bonds is 3. The summed E-state index contributed by atoms with van der Waals surface area (Å²) in [5.74, 6) is 0. The number of pyridine rings is 1. The van der Waals surface area contributed by atoms with E-state index in [1.165, 1.54) is 0 Å². The van der Waals surface area contributed by atoms with Crippen molar-refractivity contribution in [3.63, 3.8) is 0 Å². The molecule has 15 heavy (non-hydrogen) atoms. The molecule has 1 heterocycles. The van der Waals surface area contributed by atoms with Gasteiger partial charge in [-0.15, -0.1) is 0 Å². The average Bonchev–Trinajstić information content (AvgIpc) is 2.16. The molecule has 0 unspecified atom stereocenters. The third kappa shape index (κ3) is 2.63.